The number of carbonyl (C=O) groups excluding carboxylic acids is 6. The maximum absolute atomic E-state index is 15.3. The number of ether oxygens (including phenoxy) is 4. The first-order valence-corrected chi connectivity index (χ1v) is 25.6. The van der Waals surface area contributed by atoms with Gasteiger partial charge in [-0.05, 0) is 72.8 Å². The van der Waals surface area contributed by atoms with E-state index in [4.69, 9.17) is 23.4 Å². The Morgan fingerprint density at radius 1 is 0.864 bits per heavy atom. The van der Waals surface area contributed by atoms with Gasteiger partial charge in [-0.2, -0.15) is 0 Å². The van der Waals surface area contributed by atoms with Gasteiger partial charge < -0.3 is 33.8 Å². The quantitative estimate of drug-likeness (QED) is 0.0831. The van der Waals surface area contributed by atoms with Crippen molar-refractivity contribution >= 4 is 43.7 Å². The van der Waals surface area contributed by atoms with Crippen molar-refractivity contribution in [1.29, 1.82) is 0 Å². The van der Waals surface area contributed by atoms with E-state index in [1.807, 2.05) is 39.9 Å². The fraction of sp³-hybridized carbons (Fsp3) is 0.500. The van der Waals surface area contributed by atoms with Gasteiger partial charge in [-0.3, -0.25) is 19.2 Å². The van der Waals surface area contributed by atoms with Crippen LogP contribution < -0.4 is 5.32 Å². The Morgan fingerprint density at radius 3 is 1.95 bits per heavy atom. The third-order valence-corrected chi connectivity index (χ3v) is 20.1. The Balaban J connectivity index is 1.40. The number of amides is 1. The second kappa shape index (κ2) is 17.4. The molecule has 10 atom stereocenters. The first-order chi connectivity index (χ1) is 30.8. The number of hydrogen-bond acceptors (Lipinski definition) is 12. The monoisotopic (exact) mass is 921 g/mol. The summed E-state index contributed by atoms with van der Waals surface area (Å²) in [6.45, 7) is 19.3. The summed E-state index contributed by atoms with van der Waals surface area (Å²) in [4.78, 5) is 87.3. The second-order valence-electron chi connectivity index (χ2n) is 20.9. The number of hydrogen-bond donors (Lipinski definition) is 2. The van der Waals surface area contributed by atoms with Gasteiger partial charge in [0.15, 0.2) is 20.0 Å². The molecule has 1 saturated heterocycles. The highest BCUT2D eigenvalue weighted by Crippen LogP contribution is 2.65. The molecule has 3 aromatic carbocycles. The van der Waals surface area contributed by atoms with Gasteiger partial charge >= 0.3 is 17.9 Å². The van der Waals surface area contributed by atoms with E-state index in [0.717, 1.165) is 0 Å². The molecule has 352 valence electrons. The second-order valence-corrected chi connectivity index (χ2v) is 25.6. The van der Waals surface area contributed by atoms with E-state index in [2.05, 4.69) is 5.32 Å². The molecule has 13 nitrogen and oxygen atoms in total. The lowest BCUT2D eigenvalue weighted by Gasteiger charge is -2.67. The lowest BCUT2D eigenvalue weighted by Crippen LogP contribution is -2.80. The molecule has 1 aliphatic heterocycles. The van der Waals surface area contributed by atoms with E-state index in [1.165, 1.54) is 6.92 Å². The zero-order valence-electron chi connectivity index (χ0n) is 39.8. The smallest absolute Gasteiger partial charge is 0.338 e. The van der Waals surface area contributed by atoms with Gasteiger partial charge in [-0.25, -0.2) is 9.59 Å². The SMILES string of the molecule is CC(=O)O[C@@]12CO[C@@H]1C[C@H](C)[C@@]1(C)C(=O)C(=O)C3=C(C)C(OC(=O)[C@H](O[Si](C)(C)C(C)(C)C)[C@@H](NC(=O)c4ccccc4)c4ccccc4)C[C@@](O)([C@@H](OC(=O)c4ccccc4)[C@H]21)C3(C)C. The standard InChI is InChI=1S/C52H63NO12Si/c1-30-27-37-51(29-61-37,64-32(3)54)42-44(63-46(58)35-25-19-14-20-26-35)52(60)28-36(31(2)38(49(52,7)8)40(55)43(56)50(30,42)9)62-47(59)41(65-66(10,11)48(4,5)6)39(33-21-15-12-16-22-33)53-45(57)34-23-17-13-18-24-34/h12-26,30,36-37,39,41-42,44,60H,27-29H2,1-11H3,(H,53,57)/t30-,36?,37+,39-,41+,42-,44-,50+,51-,52+/m0/s1. The van der Waals surface area contributed by atoms with Crippen LogP contribution in [0.1, 0.15) is 107 Å². The van der Waals surface area contributed by atoms with E-state index in [9.17, 15) is 19.5 Å². The van der Waals surface area contributed by atoms with Crippen molar-refractivity contribution in [2.75, 3.05) is 6.61 Å². The fourth-order valence-corrected chi connectivity index (χ4v) is 11.8. The highest BCUT2D eigenvalue weighted by molar-refractivity contribution is 6.74. The molecule has 4 aliphatic rings. The normalized spacial score (nSPS) is 30.2. The number of nitrogens with one attached hydrogen (secondary N) is 1. The number of carbonyl (C=O) groups is 6. The van der Waals surface area contributed by atoms with E-state index in [-0.39, 0.29) is 29.7 Å². The number of ketones is 2. The average Bonchev–Trinajstić information content (AvgIpc) is 3.26. The molecule has 0 spiro atoms. The first-order valence-electron chi connectivity index (χ1n) is 22.7. The van der Waals surface area contributed by atoms with Crippen molar-refractivity contribution in [2.24, 2.45) is 22.7 Å². The van der Waals surface area contributed by atoms with Crippen molar-refractivity contribution in [3.8, 4) is 0 Å². The summed E-state index contributed by atoms with van der Waals surface area (Å²) in [5.41, 5.74) is -5.97. The molecule has 2 saturated carbocycles. The van der Waals surface area contributed by atoms with Crippen molar-refractivity contribution in [1.82, 2.24) is 5.32 Å². The summed E-state index contributed by atoms with van der Waals surface area (Å²) in [6, 6.07) is 24.6. The van der Waals surface area contributed by atoms with E-state index in [1.54, 1.807) is 120 Å². The Hall–Kier alpha value is -5.28. The maximum Gasteiger partial charge on any atom is 0.338 e. The molecule has 1 heterocycles. The maximum atomic E-state index is 15.3. The highest BCUT2D eigenvalue weighted by Gasteiger charge is 2.77. The lowest BCUT2D eigenvalue weighted by molar-refractivity contribution is -0.338. The topological polar surface area (TPSA) is 181 Å². The number of fused-ring (bicyclic) bond motifs is 5. The summed E-state index contributed by atoms with van der Waals surface area (Å²) < 4.78 is 32.3. The van der Waals surface area contributed by atoms with Crippen LogP contribution in [0.15, 0.2) is 102 Å². The molecule has 1 unspecified atom stereocenters. The molecule has 3 aromatic rings. The molecule has 2 bridgehead atoms. The van der Waals surface area contributed by atoms with Crippen LogP contribution in [0.3, 0.4) is 0 Å². The molecule has 66 heavy (non-hydrogen) atoms. The molecular formula is C52H63NO12Si. The fourth-order valence-electron chi connectivity index (χ4n) is 10.6. The van der Waals surface area contributed by atoms with Crippen LogP contribution in [-0.4, -0.2) is 91.0 Å². The van der Waals surface area contributed by atoms with Crippen LogP contribution in [0.2, 0.25) is 18.1 Å². The van der Waals surface area contributed by atoms with Crippen molar-refractivity contribution in [3.05, 3.63) is 119 Å². The van der Waals surface area contributed by atoms with Crippen LogP contribution in [0.4, 0.5) is 0 Å². The van der Waals surface area contributed by atoms with E-state index >= 15 is 14.4 Å². The molecule has 14 heteroatoms. The number of benzene rings is 3. The molecule has 3 aliphatic carbocycles. The summed E-state index contributed by atoms with van der Waals surface area (Å²) in [7, 11) is -2.88. The van der Waals surface area contributed by atoms with Gasteiger partial charge in [0, 0.05) is 35.3 Å². The van der Waals surface area contributed by atoms with Crippen LogP contribution in [-0.2, 0) is 42.6 Å². The number of rotatable bonds is 11. The molecule has 3 fully saturated rings. The minimum Gasteiger partial charge on any atom is -0.456 e. The largest absolute Gasteiger partial charge is 0.456 e. The summed E-state index contributed by atoms with van der Waals surface area (Å²) in [6.07, 6.45) is -5.45. The molecule has 0 radical (unpaired) electrons. The van der Waals surface area contributed by atoms with Gasteiger partial charge in [-0.15, -0.1) is 0 Å². The minimum absolute atomic E-state index is 0.0842. The van der Waals surface area contributed by atoms with E-state index in [0.29, 0.717) is 11.1 Å². The minimum atomic E-state index is -2.88. The zero-order valence-corrected chi connectivity index (χ0v) is 40.8. The number of esters is 3. The Labute approximate surface area is 388 Å². The van der Waals surface area contributed by atoms with Gasteiger partial charge in [0.1, 0.15) is 23.9 Å². The number of Topliss-reactive ketones (excluding diaryl/α,β-unsaturated/α-hetero) is 2. The van der Waals surface area contributed by atoms with Gasteiger partial charge in [0.05, 0.1) is 24.1 Å². The Bertz CT molecular complexity index is 2430. The van der Waals surface area contributed by atoms with Crippen molar-refractivity contribution < 1.29 is 57.2 Å². The zero-order chi connectivity index (χ0) is 48.4. The summed E-state index contributed by atoms with van der Waals surface area (Å²) in [5, 5.41) is 16.5. The summed E-state index contributed by atoms with van der Waals surface area (Å²) >= 11 is 0. The van der Waals surface area contributed by atoms with Crippen LogP contribution in [0.25, 0.3) is 0 Å². The summed E-state index contributed by atoms with van der Waals surface area (Å²) in [5.74, 6) is -6.50. The molecule has 7 rings (SSSR count). The van der Waals surface area contributed by atoms with Gasteiger partial charge in [-0.1, -0.05) is 115 Å². The third kappa shape index (κ3) is 8.07. The van der Waals surface area contributed by atoms with Gasteiger partial charge in [0.2, 0.25) is 11.6 Å². The van der Waals surface area contributed by atoms with Crippen molar-refractivity contribution in [3.63, 3.8) is 0 Å². The van der Waals surface area contributed by atoms with E-state index < -0.39 is 119 Å². The molecular weight excluding hydrogens is 859 g/mol. The predicted octanol–water partition coefficient (Wildman–Crippen LogP) is 7.68. The van der Waals surface area contributed by atoms with Gasteiger partial charge in [0.25, 0.3) is 5.91 Å². The lowest BCUT2D eigenvalue weighted by atomic mass is 9.43. The molecule has 0 aromatic heterocycles. The van der Waals surface area contributed by atoms with Crippen molar-refractivity contribution in [2.45, 2.75) is 135 Å². The Kier molecular flexibility index (Phi) is 12.8. The first kappa shape index (κ1) is 48.6. The van der Waals surface area contributed by atoms with Crippen LogP contribution >= 0.6 is 0 Å². The molecule has 1 amide bonds. The Morgan fingerprint density at radius 2 is 1.42 bits per heavy atom. The highest BCUT2D eigenvalue weighted by atomic mass is 28.4. The molecule has 2 N–H and O–H groups in total. The average molecular weight is 922 g/mol. The van der Waals surface area contributed by atoms with Crippen LogP contribution in [0.5, 0.6) is 0 Å². The predicted molar refractivity (Wildman–Crippen MR) is 246 cm³/mol. The number of aliphatic hydroxyl groups is 1. The third-order valence-electron chi connectivity index (χ3n) is 15.7. The van der Waals surface area contributed by atoms with Crippen LogP contribution in [0, 0.1) is 22.7 Å².